The average Bonchev–Trinajstić information content (AvgIpc) is 3.27. The Morgan fingerprint density at radius 2 is 2.03 bits per heavy atom. The van der Waals surface area contributed by atoms with E-state index in [-0.39, 0.29) is 17.2 Å². The van der Waals surface area contributed by atoms with E-state index < -0.39 is 11.9 Å². The molecular formula is C22H24ClN7O3. The van der Waals surface area contributed by atoms with E-state index in [1.807, 2.05) is 0 Å². The lowest BCUT2D eigenvalue weighted by atomic mass is 10.1. The molecule has 11 heteroatoms. The summed E-state index contributed by atoms with van der Waals surface area (Å²) in [6.07, 6.45) is 2.97. The van der Waals surface area contributed by atoms with E-state index in [2.05, 4.69) is 25.6 Å². The zero-order valence-electron chi connectivity index (χ0n) is 18.2. The first kappa shape index (κ1) is 22.7. The number of nitrogens with one attached hydrogen (secondary N) is 4. The molecule has 172 valence electrons. The van der Waals surface area contributed by atoms with Gasteiger partial charge in [-0.15, -0.1) is 0 Å². The van der Waals surface area contributed by atoms with Crippen LogP contribution in [0.1, 0.15) is 28.5 Å². The van der Waals surface area contributed by atoms with Crippen LogP contribution in [0.2, 0.25) is 5.02 Å². The van der Waals surface area contributed by atoms with E-state index in [4.69, 9.17) is 21.7 Å². The molecule has 10 nitrogen and oxygen atoms in total. The van der Waals surface area contributed by atoms with Crippen LogP contribution in [0, 0.1) is 5.41 Å². The van der Waals surface area contributed by atoms with Crippen molar-refractivity contribution in [1.82, 2.24) is 25.2 Å². The van der Waals surface area contributed by atoms with Crippen LogP contribution in [0.3, 0.4) is 0 Å². The molecule has 3 heterocycles. The SMILES string of the molecule is CNc1cc(Cl)ccc1C(=N)c1cnc2[nH]cc(C(=O)N[C@H](C)C(=O)N3CCOCC3)c2n1. The molecule has 33 heavy (non-hydrogen) atoms. The first-order chi connectivity index (χ1) is 15.9. The fourth-order valence-corrected chi connectivity index (χ4v) is 3.83. The molecule has 1 aliphatic rings. The molecule has 0 spiro atoms. The summed E-state index contributed by atoms with van der Waals surface area (Å²) in [5.74, 6) is -0.613. The van der Waals surface area contributed by atoms with Crippen molar-refractivity contribution in [3.63, 3.8) is 0 Å². The smallest absolute Gasteiger partial charge is 0.255 e. The monoisotopic (exact) mass is 469 g/mol. The lowest BCUT2D eigenvalue weighted by Crippen LogP contribution is -2.50. The first-order valence-electron chi connectivity index (χ1n) is 10.5. The van der Waals surface area contributed by atoms with Crippen LogP contribution in [0.15, 0.2) is 30.6 Å². The largest absolute Gasteiger partial charge is 0.388 e. The highest BCUT2D eigenvalue weighted by Crippen LogP contribution is 2.24. The van der Waals surface area contributed by atoms with Gasteiger partial charge in [-0.2, -0.15) is 0 Å². The maximum Gasteiger partial charge on any atom is 0.255 e. The number of rotatable bonds is 6. The van der Waals surface area contributed by atoms with Gasteiger partial charge in [0.15, 0.2) is 5.65 Å². The second kappa shape index (κ2) is 9.55. The topological polar surface area (TPSA) is 136 Å². The molecule has 2 aromatic heterocycles. The number of anilines is 1. The van der Waals surface area contributed by atoms with Crippen molar-refractivity contribution in [1.29, 1.82) is 5.41 Å². The van der Waals surface area contributed by atoms with Gasteiger partial charge in [-0.1, -0.05) is 11.6 Å². The lowest BCUT2D eigenvalue weighted by Gasteiger charge is -2.29. The average molecular weight is 470 g/mol. The fourth-order valence-electron chi connectivity index (χ4n) is 3.66. The zero-order chi connectivity index (χ0) is 23.5. The minimum Gasteiger partial charge on any atom is -0.388 e. The van der Waals surface area contributed by atoms with Crippen molar-refractivity contribution in [2.24, 2.45) is 0 Å². The summed E-state index contributed by atoms with van der Waals surface area (Å²) in [5, 5.41) is 14.9. The first-order valence-corrected chi connectivity index (χ1v) is 10.8. The van der Waals surface area contributed by atoms with E-state index in [1.54, 1.807) is 37.1 Å². The molecule has 0 radical (unpaired) electrons. The molecule has 0 aliphatic carbocycles. The molecule has 0 bridgehead atoms. The summed E-state index contributed by atoms with van der Waals surface area (Å²) in [4.78, 5) is 39.0. The summed E-state index contributed by atoms with van der Waals surface area (Å²) < 4.78 is 5.27. The Morgan fingerprint density at radius 3 is 2.76 bits per heavy atom. The Hall–Kier alpha value is -3.50. The fraction of sp³-hybridized carbons (Fsp3) is 0.318. The van der Waals surface area contributed by atoms with Crippen LogP contribution < -0.4 is 10.6 Å². The molecule has 1 aliphatic heterocycles. The van der Waals surface area contributed by atoms with E-state index >= 15 is 0 Å². The molecule has 1 aromatic carbocycles. The number of morpholine rings is 1. The number of amides is 2. The predicted octanol–water partition coefficient (Wildman–Crippen LogP) is 2.05. The summed E-state index contributed by atoms with van der Waals surface area (Å²) in [6.45, 7) is 3.63. The second-order valence-electron chi connectivity index (χ2n) is 7.60. The van der Waals surface area contributed by atoms with Crippen molar-refractivity contribution in [3.8, 4) is 0 Å². The molecule has 1 atom stereocenters. The summed E-state index contributed by atoms with van der Waals surface area (Å²) in [5.41, 5.74) is 2.69. The number of fused-ring (bicyclic) bond motifs is 1. The van der Waals surface area contributed by atoms with Gasteiger partial charge in [0, 0.05) is 42.6 Å². The lowest BCUT2D eigenvalue weighted by molar-refractivity contribution is -0.136. The summed E-state index contributed by atoms with van der Waals surface area (Å²) in [7, 11) is 1.74. The van der Waals surface area contributed by atoms with Crippen molar-refractivity contribution < 1.29 is 14.3 Å². The van der Waals surface area contributed by atoms with Crippen LogP contribution in [-0.2, 0) is 9.53 Å². The maximum absolute atomic E-state index is 12.9. The van der Waals surface area contributed by atoms with Crippen LogP contribution in [-0.4, -0.2) is 76.8 Å². The normalized spacial score (nSPS) is 14.7. The van der Waals surface area contributed by atoms with Crippen LogP contribution in [0.25, 0.3) is 11.2 Å². The van der Waals surface area contributed by atoms with E-state index in [0.29, 0.717) is 59.4 Å². The van der Waals surface area contributed by atoms with Gasteiger partial charge in [-0.25, -0.2) is 9.97 Å². The quantitative estimate of drug-likeness (QED) is 0.408. The van der Waals surface area contributed by atoms with Crippen molar-refractivity contribution in [3.05, 3.63) is 52.4 Å². The van der Waals surface area contributed by atoms with E-state index in [9.17, 15) is 9.59 Å². The Bertz CT molecular complexity index is 1220. The summed E-state index contributed by atoms with van der Waals surface area (Å²) >= 11 is 6.06. The highest BCUT2D eigenvalue weighted by molar-refractivity contribution is 6.31. The molecule has 4 N–H and O–H groups in total. The van der Waals surface area contributed by atoms with Gasteiger partial charge in [0.2, 0.25) is 5.91 Å². The van der Waals surface area contributed by atoms with Gasteiger partial charge >= 0.3 is 0 Å². The van der Waals surface area contributed by atoms with Gasteiger partial charge < -0.3 is 25.3 Å². The number of carbonyl (C=O) groups is 2. The number of hydrogen-bond acceptors (Lipinski definition) is 7. The molecule has 4 rings (SSSR count). The minimum absolute atomic E-state index is 0.133. The molecule has 2 amide bonds. The molecular weight excluding hydrogens is 446 g/mol. The third-order valence-corrected chi connectivity index (χ3v) is 5.68. The number of aromatic nitrogens is 3. The van der Waals surface area contributed by atoms with Gasteiger partial charge in [-0.3, -0.25) is 15.0 Å². The highest BCUT2D eigenvalue weighted by Gasteiger charge is 2.25. The molecule has 0 saturated carbocycles. The number of benzene rings is 1. The summed E-state index contributed by atoms with van der Waals surface area (Å²) in [6, 6.07) is 4.44. The van der Waals surface area contributed by atoms with Crippen molar-refractivity contribution in [2.45, 2.75) is 13.0 Å². The molecule has 3 aromatic rings. The number of H-pyrrole nitrogens is 1. The Labute approximate surface area is 195 Å². The Balaban J connectivity index is 1.57. The number of ether oxygens (including phenoxy) is 1. The molecule has 1 saturated heterocycles. The predicted molar refractivity (Wildman–Crippen MR) is 125 cm³/mol. The number of hydrogen-bond donors (Lipinski definition) is 4. The van der Waals surface area contributed by atoms with Gasteiger partial charge in [-0.05, 0) is 25.1 Å². The van der Waals surface area contributed by atoms with Crippen LogP contribution >= 0.6 is 11.6 Å². The van der Waals surface area contributed by atoms with Crippen molar-refractivity contribution >= 4 is 46.0 Å². The molecule has 1 fully saturated rings. The van der Waals surface area contributed by atoms with Crippen LogP contribution in [0.4, 0.5) is 5.69 Å². The van der Waals surface area contributed by atoms with Gasteiger partial charge in [0.25, 0.3) is 5.91 Å². The highest BCUT2D eigenvalue weighted by atomic mass is 35.5. The third-order valence-electron chi connectivity index (χ3n) is 5.44. The van der Waals surface area contributed by atoms with Gasteiger partial charge in [0.1, 0.15) is 17.3 Å². The zero-order valence-corrected chi connectivity index (χ0v) is 19.0. The molecule has 0 unspecified atom stereocenters. The minimum atomic E-state index is -0.706. The number of carbonyl (C=O) groups excluding carboxylic acids is 2. The number of halogens is 1. The van der Waals surface area contributed by atoms with Crippen LogP contribution in [0.5, 0.6) is 0 Å². The van der Waals surface area contributed by atoms with Gasteiger partial charge in [0.05, 0.1) is 30.7 Å². The van der Waals surface area contributed by atoms with Crippen molar-refractivity contribution in [2.75, 3.05) is 38.7 Å². The van der Waals surface area contributed by atoms with E-state index in [0.717, 1.165) is 0 Å². The second-order valence-corrected chi connectivity index (χ2v) is 8.04. The third kappa shape index (κ3) is 4.67. The maximum atomic E-state index is 12.9. The Morgan fingerprint density at radius 1 is 1.27 bits per heavy atom. The number of nitrogens with zero attached hydrogens (tertiary/aromatic N) is 3. The number of aromatic amines is 1. The Kier molecular flexibility index (Phi) is 6.57. The standard InChI is InChI=1S/C22H24ClN7O3/c1-12(22(32)30-5-7-33-8-6-30)28-21(31)15-10-26-20-19(15)29-17(11-27-20)18(24)14-4-3-13(23)9-16(14)25-2/h3-4,9-12,24-25H,5-8H2,1-2H3,(H,26,27)(H,28,31)/t12-/m1/s1. The van der Waals surface area contributed by atoms with E-state index in [1.165, 1.54) is 12.4 Å².